The third-order valence-electron chi connectivity index (χ3n) is 1.50. The van der Waals surface area contributed by atoms with Gasteiger partial charge < -0.3 is 5.11 Å². The highest BCUT2D eigenvalue weighted by molar-refractivity contribution is 4.71. The van der Waals surface area contributed by atoms with Crippen LogP contribution in [0.5, 0.6) is 0 Å². The van der Waals surface area contributed by atoms with E-state index in [1.807, 2.05) is 6.92 Å². The van der Waals surface area contributed by atoms with E-state index in [-0.39, 0.29) is 6.61 Å². The zero-order chi connectivity index (χ0) is 7.11. The molecule has 0 spiro atoms. The van der Waals surface area contributed by atoms with Crippen LogP contribution in [0.4, 0.5) is 0 Å². The molecular formula is C7H13NO. The Bertz CT molecular complexity index is 91.6. The molecule has 2 heteroatoms. The summed E-state index contributed by atoms with van der Waals surface area (Å²) in [6.07, 6.45) is 2.38. The molecule has 9 heavy (non-hydrogen) atoms. The summed E-state index contributed by atoms with van der Waals surface area (Å²) < 4.78 is 0. The van der Waals surface area contributed by atoms with E-state index < -0.39 is 0 Å². The predicted octanol–water partition coefficient (Wildman–Crippen LogP) is 1.31. The van der Waals surface area contributed by atoms with Gasteiger partial charge in [-0.15, -0.1) is 0 Å². The topological polar surface area (TPSA) is 44.0 Å². The van der Waals surface area contributed by atoms with Gasteiger partial charge in [0.15, 0.2) is 0 Å². The Morgan fingerprint density at radius 2 is 2.33 bits per heavy atom. The third kappa shape index (κ3) is 3.99. The summed E-state index contributed by atoms with van der Waals surface area (Å²) in [6, 6.07) is 2.06. The summed E-state index contributed by atoms with van der Waals surface area (Å²) in [7, 11) is 0. The summed E-state index contributed by atoms with van der Waals surface area (Å²) in [4.78, 5) is 0. The summed E-state index contributed by atoms with van der Waals surface area (Å²) in [5.74, 6) is 0.338. The molecule has 0 rings (SSSR count). The molecule has 0 amide bonds. The van der Waals surface area contributed by atoms with E-state index in [2.05, 4.69) is 6.07 Å². The van der Waals surface area contributed by atoms with Gasteiger partial charge in [0.2, 0.25) is 0 Å². The van der Waals surface area contributed by atoms with Gasteiger partial charge in [0.25, 0.3) is 0 Å². The van der Waals surface area contributed by atoms with Crippen molar-refractivity contribution in [3.05, 3.63) is 0 Å². The predicted molar refractivity (Wildman–Crippen MR) is 35.7 cm³/mol. The highest BCUT2D eigenvalue weighted by atomic mass is 16.3. The molecule has 0 aromatic rings. The molecule has 1 N–H and O–H groups in total. The molecule has 0 aromatic carbocycles. The third-order valence-corrected chi connectivity index (χ3v) is 1.50. The van der Waals surface area contributed by atoms with Gasteiger partial charge in [-0.2, -0.15) is 5.26 Å². The number of aliphatic hydroxyl groups excluding tert-OH is 1. The summed E-state index contributed by atoms with van der Waals surface area (Å²) >= 11 is 0. The van der Waals surface area contributed by atoms with Gasteiger partial charge in [0.05, 0.1) is 6.07 Å². The van der Waals surface area contributed by atoms with Crippen molar-refractivity contribution in [1.29, 1.82) is 5.26 Å². The van der Waals surface area contributed by atoms with Gasteiger partial charge in [-0.3, -0.25) is 0 Å². The number of rotatable bonds is 4. The molecule has 2 nitrogen and oxygen atoms in total. The maximum absolute atomic E-state index is 8.64. The van der Waals surface area contributed by atoms with Crippen LogP contribution in [0, 0.1) is 17.2 Å². The summed E-state index contributed by atoms with van der Waals surface area (Å²) in [5, 5.41) is 16.8. The van der Waals surface area contributed by atoms with E-state index in [1.165, 1.54) is 0 Å². The molecule has 0 bridgehead atoms. The van der Waals surface area contributed by atoms with Crippen LogP contribution < -0.4 is 0 Å². The first kappa shape index (κ1) is 8.45. The zero-order valence-corrected chi connectivity index (χ0v) is 5.80. The molecular weight excluding hydrogens is 114 g/mol. The Morgan fingerprint density at radius 3 is 2.67 bits per heavy atom. The molecule has 0 saturated carbocycles. The fraction of sp³-hybridized carbons (Fsp3) is 0.857. The lowest BCUT2D eigenvalue weighted by Crippen LogP contribution is -2.03. The lowest BCUT2D eigenvalue weighted by molar-refractivity contribution is 0.216. The first-order valence-corrected chi connectivity index (χ1v) is 3.33. The number of nitriles is 1. The SMILES string of the molecule is CC[C@@H](CO)CCC#N. The Labute approximate surface area is 56.1 Å². The molecule has 0 radical (unpaired) electrons. The lowest BCUT2D eigenvalue weighted by Gasteiger charge is -2.06. The monoisotopic (exact) mass is 127 g/mol. The van der Waals surface area contributed by atoms with E-state index in [0.29, 0.717) is 12.3 Å². The van der Waals surface area contributed by atoms with E-state index in [1.54, 1.807) is 0 Å². The quantitative estimate of drug-likeness (QED) is 0.618. The van der Waals surface area contributed by atoms with Crippen LogP contribution in [-0.4, -0.2) is 11.7 Å². The molecule has 0 aliphatic rings. The largest absolute Gasteiger partial charge is 0.396 e. The zero-order valence-electron chi connectivity index (χ0n) is 5.80. The van der Waals surface area contributed by atoms with Crippen LogP contribution >= 0.6 is 0 Å². The van der Waals surface area contributed by atoms with Crippen LogP contribution in [-0.2, 0) is 0 Å². The minimum atomic E-state index is 0.220. The standard InChI is InChI=1S/C7H13NO/c1-2-7(6-9)4-3-5-8/h7,9H,2-4,6H2,1H3/t7-/m1/s1. The highest BCUT2D eigenvalue weighted by Crippen LogP contribution is 2.08. The van der Waals surface area contributed by atoms with E-state index >= 15 is 0 Å². The summed E-state index contributed by atoms with van der Waals surface area (Å²) in [5.41, 5.74) is 0. The van der Waals surface area contributed by atoms with Crippen LogP contribution in [0.1, 0.15) is 26.2 Å². The second kappa shape index (κ2) is 5.58. The van der Waals surface area contributed by atoms with Gasteiger partial charge in [-0.05, 0) is 12.3 Å². The van der Waals surface area contributed by atoms with Crippen molar-refractivity contribution >= 4 is 0 Å². The second-order valence-electron chi connectivity index (χ2n) is 2.15. The van der Waals surface area contributed by atoms with E-state index in [4.69, 9.17) is 10.4 Å². The van der Waals surface area contributed by atoms with Crippen molar-refractivity contribution in [3.8, 4) is 6.07 Å². The summed E-state index contributed by atoms with van der Waals surface area (Å²) in [6.45, 7) is 2.25. The normalized spacial score (nSPS) is 12.6. The fourth-order valence-electron chi connectivity index (χ4n) is 0.693. The number of nitrogens with zero attached hydrogens (tertiary/aromatic N) is 1. The molecule has 0 saturated heterocycles. The minimum absolute atomic E-state index is 0.220. The lowest BCUT2D eigenvalue weighted by atomic mass is 10.0. The van der Waals surface area contributed by atoms with Gasteiger partial charge in [-0.25, -0.2) is 0 Å². The van der Waals surface area contributed by atoms with Crippen molar-refractivity contribution in [2.24, 2.45) is 5.92 Å². The van der Waals surface area contributed by atoms with Gasteiger partial charge in [0, 0.05) is 13.0 Å². The smallest absolute Gasteiger partial charge is 0.0621 e. The average molecular weight is 127 g/mol. The average Bonchev–Trinajstić information content (AvgIpc) is 1.91. The van der Waals surface area contributed by atoms with Crippen LogP contribution in [0.2, 0.25) is 0 Å². The number of hydrogen-bond donors (Lipinski definition) is 1. The molecule has 52 valence electrons. The Morgan fingerprint density at radius 1 is 1.67 bits per heavy atom. The second-order valence-corrected chi connectivity index (χ2v) is 2.15. The first-order valence-electron chi connectivity index (χ1n) is 3.33. The Kier molecular flexibility index (Phi) is 5.24. The van der Waals surface area contributed by atoms with Crippen molar-refractivity contribution < 1.29 is 5.11 Å². The molecule has 0 fully saturated rings. The minimum Gasteiger partial charge on any atom is -0.396 e. The van der Waals surface area contributed by atoms with Gasteiger partial charge in [-0.1, -0.05) is 13.3 Å². The van der Waals surface area contributed by atoms with Crippen molar-refractivity contribution in [1.82, 2.24) is 0 Å². The van der Waals surface area contributed by atoms with Crippen molar-refractivity contribution in [2.45, 2.75) is 26.2 Å². The van der Waals surface area contributed by atoms with Crippen LogP contribution in [0.15, 0.2) is 0 Å². The molecule has 0 aromatic heterocycles. The Hall–Kier alpha value is -0.550. The van der Waals surface area contributed by atoms with Gasteiger partial charge >= 0.3 is 0 Å². The maximum Gasteiger partial charge on any atom is 0.0621 e. The number of hydrogen-bond acceptors (Lipinski definition) is 2. The molecule has 0 aliphatic carbocycles. The first-order chi connectivity index (χ1) is 4.35. The molecule has 0 unspecified atom stereocenters. The van der Waals surface area contributed by atoms with E-state index in [0.717, 1.165) is 12.8 Å². The molecule has 0 aliphatic heterocycles. The van der Waals surface area contributed by atoms with Crippen molar-refractivity contribution in [3.63, 3.8) is 0 Å². The van der Waals surface area contributed by atoms with Gasteiger partial charge in [0.1, 0.15) is 0 Å². The van der Waals surface area contributed by atoms with E-state index in [9.17, 15) is 0 Å². The molecule has 0 heterocycles. The van der Waals surface area contributed by atoms with Crippen LogP contribution in [0.3, 0.4) is 0 Å². The Balaban J connectivity index is 3.22. The highest BCUT2D eigenvalue weighted by Gasteiger charge is 2.01. The van der Waals surface area contributed by atoms with Crippen molar-refractivity contribution in [2.75, 3.05) is 6.61 Å². The fourth-order valence-corrected chi connectivity index (χ4v) is 0.693. The number of aliphatic hydroxyl groups is 1. The van der Waals surface area contributed by atoms with Crippen LogP contribution in [0.25, 0.3) is 0 Å². The molecule has 1 atom stereocenters. The maximum atomic E-state index is 8.64.